The summed E-state index contributed by atoms with van der Waals surface area (Å²) >= 11 is 0. The van der Waals surface area contributed by atoms with Gasteiger partial charge in [-0.15, -0.1) is 0 Å². The minimum Gasteiger partial charge on any atom is -0.345 e. The predicted molar refractivity (Wildman–Crippen MR) is 58.2 cm³/mol. The van der Waals surface area contributed by atoms with Crippen LogP contribution in [0.25, 0.3) is 11.3 Å². The Kier molecular flexibility index (Phi) is 2.12. The van der Waals surface area contributed by atoms with Gasteiger partial charge in [0, 0.05) is 5.56 Å². The summed E-state index contributed by atoms with van der Waals surface area (Å²) in [5.41, 5.74) is 6.27. The van der Waals surface area contributed by atoms with E-state index in [0.29, 0.717) is 0 Å². The molecule has 0 aliphatic rings. The highest BCUT2D eigenvalue weighted by molar-refractivity contribution is 5.67. The average Bonchev–Trinajstić information content (AvgIpc) is 2.54. The van der Waals surface area contributed by atoms with Crippen LogP contribution in [0.15, 0.2) is 24.7 Å². The number of benzene rings is 1. The third kappa shape index (κ3) is 1.43. The van der Waals surface area contributed by atoms with Crippen LogP contribution in [0.4, 0.5) is 0 Å². The second kappa shape index (κ2) is 3.29. The number of nitrogens with zero attached hydrogens (tertiary/aromatic N) is 1. The van der Waals surface area contributed by atoms with E-state index in [1.165, 1.54) is 22.3 Å². The maximum atomic E-state index is 4.05. The topological polar surface area (TPSA) is 28.7 Å². The highest BCUT2D eigenvalue weighted by Crippen LogP contribution is 2.25. The summed E-state index contributed by atoms with van der Waals surface area (Å²) in [6.07, 6.45) is 3.58. The van der Waals surface area contributed by atoms with E-state index < -0.39 is 0 Å². The SMILES string of the molecule is Cc1cc(C)c(-c2cnc[nH]2)c(C)c1. The molecule has 2 rings (SSSR count). The molecule has 0 aliphatic heterocycles. The fourth-order valence-corrected chi connectivity index (χ4v) is 2.00. The maximum Gasteiger partial charge on any atom is 0.0924 e. The molecule has 0 bridgehead atoms. The van der Waals surface area contributed by atoms with Gasteiger partial charge in [0.05, 0.1) is 18.2 Å². The van der Waals surface area contributed by atoms with Crippen molar-refractivity contribution in [3.8, 4) is 11.3 Å². The van der Waals surface area contributed by atoms with Crippen molar-refractivity contribution in [3.05, 3.63) is 41.3 Å². The number of aromatic nitrogens is 2. The molecule has 0 amide bonds. The van der Waals surface area contributed by atoms with Crippen LogP contribution in [0.5, 0.6) is 0 Å². The van der Waals surface area contributed by atoms with Gasteiger partial charge in [0.15, 0.2) is 0 Å². The molecule has 2 heteroatoms. The quantitative estimate of drug-likeness (QED) is 0.728. The summed E-state index contributed by atoms with van der Waals surface area (Å²) in [6.45, 7) is 6.39. The number of aromatic amines is 1. The molecule has 0 spiro atoms. The first-order valence-corrected chi connectivity index (χ1v) is 4.75. The monoisotopic (exact) mass is 186 g/mol. The van der Waals surface area contributed by atoms with E-state index in [-0.39, 0.29) is 0 Å². The van der Waals surface area contributed by atoms with E-state index in [1.54, 1.807) is 6.33 Å². The Morgan fingerprint density at radius 3 is 2.21 bits per heavy atom. The molecule has 1 heterocycles. The van der Waals surface area contributed by atoms with Crippen molar-refractivity contribution in [2.24, 2.45) is 0 Å². The first-order chi connectivity index (χ1) is 6.68. The Labute approximate surface area is 84.0 Å². The molecule has 1 N–H and O–H groups in total. The summed E-state index contributed by atoms with van der Waals surface area (Å²) in [4.78, 5) is 7.19. The van der Waals surface area contributed by atoms with Gasteiger partial charge in [-0.25, -0.2) is 4.98 Å². The molecule has 14 heavy (non-hydrogen) atoms. The Morgan fingerprint density at radius 2 is 1.71 bits per heavy atom. The van der Waals surface area contributed by atoms with Gasteiger partial charge in [-0.3, -0.25) is 0 Å². The number of imidazole rings is 1. The van der Waals surface area contributed by atoms with Gasteiger partial charge in [-0.2, -0.15) is 0 Å². The van der Waals surface area contributed by atoms with Crippen LogP contribution in [0.3, 0.4) is 0 Å². The summed E-state index contributed by atoms with van der Waals surface area (Å²) in [5, 5.41) is 0. The Bertz CT molecular complexity index is 418. The van der Waals surface area contributed by atoms with E-state index in [2.05, 4.69) is 42.9 Å². The largest absolute Gasteiger partial charge is 0.345 e. The standard InChI is InChI=1S/C12H14N2/c1-8-4-9(2)12(10(3)5-8)11-6-13-7-14-11/h4-7H,1-3H3,(H,13,14). The van der Waals surface area contributed by atoms with Crippen LogP contribution in [0.1, 0.15) is 16.7 Å². The molecule has 0 radical (unpaired) electrons. The van der Waals surface area contributed by atoms with Gasteiger partial charge in [0.2, 0.25) is 0 Å². The van der Waals surface area contributed by atoms with Crippen molar-refractivity contribution in [3.63, 3.8) is 0 Å². The smallest absolute Gasteiger partial charge is 0.0924 e. The van der Waals surface area contributed by atoms with E-state index in [4.69, 9.17) is 0 Å². The molecule has 0 aliphatic carbocycles. The highest BCUT2D eigenvalue weighted by atomic mass is 14.9. The Hall–Kier alpha value is -1.57. The summed E-state index contributed by atoms with van der Waals surface area (Å²) in [6, 6.07) is 4.40. The van der Waals surface area contributed by atoms with Crippen molar-refractivity contribution >= 4 is 0 Å². The van der Waals surface area contributed by atoms with Crippen molar-refractivity contribution in [1.82, 2.24) is 9.97 Å². The van der Waals surface area contributed by atoms with Crippen LogP contribution >= 0.6 is 0 Å². The molecule has 0 unspecified atom stereocenters. The summed E-state index contributed by atoms with van der Waals surface area (Å²) in [7, 11) is 0. The molecule has 0 atom stereocenters. The number of aryl methyl sites for hydroxylation is 3. The number of hydrogen-bond acceptors (Lipinski definition) is 1. The fraction of sp³-hybridized carbons (Fsp3) is 0.250. The van der Waals surface area contributed by atoms with Crippen LogP contribution < -0.4 is 0 Å². The zero-order valence-electron chi connectivity index (χ0n) is 8.76. The number of nitrogens with one attached hydrogen (secondary N) is 1. The predicted octanol–water partition coefficient (Wildman–Crippen LogP) is 3.00. The lowest BCUT2D eigenvalue weighted by molar-refractivity contribution is 1.28. The second-order valence-electron chi connectivity index (χ2n) is 3.74. The van der Waals surface area contributed by atoms with E-state index >= 15 is 0 Å². The van der Waals surface area contributed by atoms with Crippen molar-refractivity contribution < 1.29 is 0 Å². The third-order valence-corrected chi connectivity index (χ3v) is 2.44. The van der Waals surface area contributed by atoms with Gasteiger partial charge in [0.25, 0.3) is 0 Å². The minimum absolute atomic E-state index is 1.10. The molecule has 2 aromatic rings. The molecule has 1 aromatic carbocycles. The van der Waals surface area contributed by atoms with Crippen LogP contribution in [0.2, 0.25) is 0 Å². The molecular formula is C12H14N2. The van der Waals surface area contributed by atoms with Gasteiger partial charge in [-0.05, 0) is 31.9 Å². The molecule has 1 aromatic heterocycles. The van der Waals surface area contributed by atoms with E-state index in [1.807, 2.05) is 6.20 Å². The average molecular weight is 186 g/mol. The maximum absolute atomic E-state index is 4.05. The normalized spacial score (nSPS) is 10.5. The zero-order chi connectivity index (χ0) is 10.1. The molecule has 72 valence electrons. The molecular weight excluding hydrogens is 172 g/mol. The van der Waals surface area contributed by atoms with E-state index in [0.717, 1.165) is 5.69 Å². The van der Waals surface area contributed by atoms with Crippen LogP contribution in [-0.2, 0) is 0 Å². The van der Waals surface area contributed by atoms with Gasteiger partial charge in [0.1, 0.15) is 0 Å². The van der Waals surface area contributed by atoms with Crippen molar-refractivity contribution in [2.45, 2.75) is 20.8 Å². The van der Waals surface area contributed by atoms with Gasteiger partial charge < -0.3 is 4.98 Å². The third-order valence-electron chi connectivity index (χ3n) is 2.44. The van der Waals surface area contributed by atoms with E-state index in [9.17, 15) is 0 Å². The number of H-pyrrole nitrogens is 1. The second-order valence-corrected chi connectivity index (χ2v) is 3.74. The fourth-order valence-electron chi connectivity index (χ4n) is 2.00. The summed E-state index contributed by atoms with van der Waals surface area (Å²) in [5.74, 6) is 0. The zero-order valence-corrected chi connectivity index (χ0v) is 8.76. The van der Waals surface area contributed by atoms with Crippen LogP contribution in [-0.4, -0.2) is 9.97 Å². The highest BCUT2D eigenvalue weighted by Gasteiger charge is 2.06. The first kappa shape index (κ1) is 9.00. The Balaban J connectivity index is 2.64. The lowest BCUT2D eigenvalue weighted by Gasteiger charge is -2.08. The minimum atomic E-state index is 1.10. The number of rotatable bonds is 1. The molecule has 0 saturated carbocycles. The van der Waals surface area contributed by atoms with Crippen molar-refractivity contribution in [1.29, 1.82) is 0 Å². The van der Waals surface area contributed by atoms with Gasteiger partial charge >= 0.3 is 0 Å². The Morgan fingerprint density at radius 1 is 1.07 bits per heavy atom. The lowest BCUT2D eigenvalue weighted by atomic mass is 9.98. The lowest BCUT2D eigenvalue weighted by Crippen LogP contribution is -1.89. The summed E-state index contributed by atoms with van der Waals surface area (Å²) < 4.78 is 0. The molecule has 0 fully saturated rings. The van der Waals surface area contributed by atoms with Crippen molar-refractivity contribution in [2.75, 3.05) is 0 Å². The first-order valence-electron chi connectivity index (χ1n) is 4.75. The number of hydrogen-bond donors (Lipinski definition) is 1. The molecule has 0 saturated heterocycles. The van der Waals surface area contributed by atoms with Gasteiger partial charge in [-0.1, -0.05) is 17.7 Å². The van der Waals surface area contributed by atoms with Crippen LogP contribution in [0, 0.1) is 20.8 Å². The molecule has 2 nitrogen and oxygen atoms in total.